The maximum Gasteiger partial charge on any atom is 0.146 e. The van der Waals surface area contributed by atoms with E-state index in [1.54, 1.807) is 6.07 Å². The van der Waals surface area contributed by atoms with Crippen LogP contribution in [0.15, 0.2) is 18.2 Å². The molecule has 0 fully saturated rings. The molecule has 0 bridgehead atoms. The third-order valence-electron chi connectivity index (χ3n) is 3.26. The highest BCUT2D eigenvalue weighted by Crippen LogP contribution is 2.22. The fourth-order valence-electron chi connectivity index (χ4n) is 2.05. The van der Waals surface area contributed by atoms with Crippen LogP contribution in [0.2, 0.25) is 0 Å². The predicted molar refractivity (Wildman–Crippen MR) is 84.2 cm³/mol. The standard InChI is InChI=1S/C16H27FN2O2/c1-4-20-10-8-19(9-11-21-5-2)16-7-6-14(13(3)18)12-15(16)17/h6-7,12-13H,4-5,8-11,18H2,1-3H3. The van der Waals surface area contributed by atoms with Crippen molar-refractivity contribution in [2.24, 2.45) is 5.73 Å². The van der Waals surface area contributed by atoms with Crippen LogP contribution in [-0.2, 0) is 9.47 Å². The molecule has 0 aliphatic carbocycles. The molecule has 5 heteroatoms. The van der Waals surface area contributed by atoms with Gasteiger partial charge in [-0.3, -0.25) is 0 Å². The van der Waals surface area contributed by atoms with Crippen molar-refractivity contribution >= 4 is 5.69 Å². The second-order valence-corrected chi connectivity index (χ2v) is 4.88. The third-order valence-corrected chi connectivity index (χ3v) is 3.26. The third kappa shape index (κ3) is 5.99. The number of ether oxygens (including phenoxy) is 2. The maximum atomic E-state index is 14.3. The Morgan fingerprint density at radius 2 is 1.71 bits per heavy atom. The summed E-state index contributed by atoms with van der Waals surface area (Å²) in [6.45, 7) is 9.46. The van der Waals surface area contributed by atoms with E-state index in [1.807, 2.05) is 31.7 Å². The van der Waals surface area contributed by atoms with Crippen LogP contribution in [0.1, 0.15) is 32.4 Å². The van der Waals surface area contributed by atoms with Gasteiger partial charge in [0.2, 0.25) is 0 Å². The second kappa shape index (κ2) is 9.71. The Morgan fingerprint density at radius 1 is 1.14 bits per heavy atom. The molecule has 4 nitrogen and oxygen atoms in total. The van der Waals surface area contributed by atoms with Gasteiger partial charge in [0, 0.05) is 32.3 Å². The van der Waals surface area contributed by atoms with Crippen LogP contribution in [0.5, 0.6) is 0 Å². The molecule has 1 atom stereocenters. The molecule has 0 heterocycles. The van der Waals surface area contributed by atoms with Gasteiger partial charge in [-0.2, -0.15) is 0 Å². The molecule has 21 heavy (non-hydrogen) atoms. The summed E-state index contributed by atoms with van der Waals surface area (Å²) in [5.41, 5.74) is 7.15. The van der Waals surface area contributed by atoms with Gasteiger partial charge in [-0.15, -0.1) is 0 Å². The van der Waals surface area contributed by atoms with Crippen molar-refractivity contribution in [2.75, 3.05) is 44.4 Å². The minimum absolute atomic E-state index is 0.172. The van der Waals surface area contributed by atoms with Gasteiger partial charge in [0.1, 0.15) is 5.82 Å². The Hall–Kier alpha value is -1.17. The number of nitrogens with two attached hydrogens (primary N) is 1. The van der Waals surface area contributed by atoms with Gasteiger partial charge in [-0.05, 0) is 38.5 Å². The largest absolute Gasteiger partial charge is 0.380 e. The molecule has 0 saturated carbocycles. The van der Waals surface area contributed by atoms with E-state index >= 15 is 0 Å². The van der Waals surface area contributed by atoms with Crippen molar-refractivity contribution in [1.29, 1.82) is 0 Å². The van der Waals surface area contributed by atoms with Gasteiger partial charge in [0.25, 0.3) is 0 Å². The van der Waals surface area contributed by atoms with E-state index in [9.17, 15) is 4.39 Å². The SMILES string of the molecule is CCOCCN(CCOCC)c1ccc(C(C)N)cc1F. The van der Waals surface area contributed by atoms with Gasteiger partial charge >= 0.3 is 0 Å². The first-order valence-electron chi connectivity index (χ1n) is 7.55. The van der Waals surface area contributed by atoms with Gasteiger partial charge in [0.15, 0.2) is 0 Å². The second-order valence-electron chi connectivity index (χ2n) is 4.88. The number of halogens is 1. The van der Waals surface area contributed by atoms with Crippen LogP contribution in [-0.4, -0.2) is 39.5 Å². The van der Waals surface area contributed by atoms with Crippen molar-refractivity contribution in [3.8, 4) is 0 Å². The van der Waals surface area contributed by atoms with Crippen LogP contribution < -0.4 is 10.6 Å². The Labute approximate surface area is 127 Å². The van der Waals surface area contributed by atoms with E-state index in [0.717, 1.165) is 5.56 Å². The highest BCUT2D eigenvalue weighted by atomic mass is 19.1. The molecule has 1 unspecified atom stereocenters. The van der Waals surface area contributed by atoms with Crippen molar-refractivity contribution in [2.45, 2.75) is 26.8 Å². The molecule has 1 rings (SSSR count). The lowest BCUT2D eigenvalue weighted by Gasteiger charge is -2.25. The van der Waals surface area contributed by atoms with E-state index < -0.39 is 0 Å². The van der Waals surface area contributed by atoms with Gasteiger partial charge in [-0.1, -0.05) is 6.07 Å². The van der Waals surface area contributed by atoms with E-state index in [0.29, 0.717) is 45.2 Å². The maximum absolute atomic E-state index is 14.3. The summed E-state index contributed by atoms with van der Waals surface area (Å²) < 4.78 is 25.0. The molecule has 120 valence electrons. The lowest BCUT2D eigenvalue weighted by molar-refractivity contribution is 0.141. The summed E-state index contributed by atoms with van der Waals surface area (Å²) in [5, 5.41) is 0. The van der Waals surface area contributed by atoms with E-state index in [4.69, 9.17) is 15.2 Å². The smallest absolute Gasteiger partial charge is 0.146 e. The summed E-state index contributed by atoms with van der Waals surface area (Å²) >= 11 is 0. The monoisotopic (exact) mass is 298 g/mol. The molecule has 1 aromatic carbocycles. The fraction of sp³-hybridized carbons (Fsp3) is 0.625. The lowest BCUT2D eigenvalue weighted by Crippen LogP contribution is -2.32. The lowest BCUT2D eigenvalue weighted by atomic mass is 10.1. The van der Waals surface area contributed by atoms with Crippen LogP contribution in [0, 0.1) is 5.82 Å². The van der Waals surface area contributed by atoms with Gasteiger partial charge in [-0.25, -0.2) is 4.39 Å². The highest BCUT2D eigenvalue weighted by Gasteiger charge is 2.13. The van der Waals surface area contributed by atoms with Crippen LogP contribution >= 0.6 is 0 Å². The average Bonchev–Trinajstić information content (AvgIpc) is 2.46. The zero-order valence-electron chi connectivity index (χ0n) is 13.3. The fourth-order valence-corrected chi connectivity index (χ4v) is 2.05. The Balaban J connectivity index is 2.79. The Bertz CT molecular complexity index is 403. The molecule has 2 N–H and O–H groups in total. The van der Waals surface area contributed by atoms with Crippen molar-refractivity contribution < 1.29 is 13.9 Å². The first-order valence-corrected chi connectivity index (χ1v) is 7.55. The summed E-state index contributed by atoms with van der Waals surface area (Å²) in [6.07, 6.45) is 0. The average molecular weight is 298 g/mol. The predicted octanol–water partition coefficient (Wildman–Crippen LogP) is 2.72. The van der Waals surface area contributed by atoms with E-state index in [1.165, 1.54) is 6.07 Å². The van der Waals surface area contributed by atoms with Gasteiger partial charge < -0.3 is 20.1 Å². The molecule has 0 amide bonds. The molecule has 0 aliphatic rings. The van der Waals surface area contributed by atoms with Crippen molar-refractivity contribution in [3.63, 3.8) is 0 Å². The molecule has 0 radical (unpaired) electrons. The first kappa shape index (κ1) is 17.9. The molecular formula is C16H27FN2O2. The highest BCUT2D eigenvalue weighted by molar-refractivity contribution is 5.49. The molecule has 0 aliphatic heterocycles. The first-order chi connectivity index (χ1) is 10.1. The number of nitrogens with zero attached hydrogens (tertiary/aromatic N) is 1. The van der Waals surface area contributed by atoms with Crippen LogP contribution in [0.4, 0.5) is 10.1 Å². The Kier molecular flexibility index (Phi) is 8.27. The van der Waals surface area contributed by atoms with Crippen LogP contribution in [0.3, 0.4) is 0 Å². The zero-order chi connectivity index (χ0) is 15.7. The van der Waals surface area contributed by atoms with E-state index in [2.05, 4.69) is 0 Å². The summed E-state index contributed by atoms with van der Waals surface area (Å²) in [4.78, 5) is 1.95. The molecule has 0 aromatic heterocycles. The Morgan fingerprint density at radius 3 is 2.14 bits per heavy atom. The normalized spacial score (nSPS) is 12.4. The van der Waals surface area contributed by atoms with Gasteiger partial charge in [0.05, 0.1) is 18.9 Å². The number of hydrogen-bond donors (Lipinski definition) is 1. The quantitative estimate of drug-likeness (QED) is 0.675. The minimum Gasteiger partial charge on any atom is -0.380 e. The van der Waals surface area contributed by atoms with E-state index in [-0.39, 0.29) is 11.9 Å². The topological polar surface area (TPSA) is 47.7 Å². The summed E-state index contributed by atoms with van der Waals surface area (Å²) in [5.74, 6) is -0.252. The van der Waals surface area contributed by atoms with Crippen LogP contribution in [0.25, 0.3) is 0 Å². The summed E-state index contributed by atoms with van der Waals surface area (Å²) in [6, 6.07) is 4.99. The minimum atomic E-state index is -0.252. The number of hydrogen-bond acceptors (Lipinski definition) is 4. The van der Waals surface area contributed by atoms with Crippen molar-refractivity contribution in [1.82, 2.24) is 0 Å². The molecule has 0 saturated heterocycles. The number of benzene rings is 1. The molecule has 0 spiro atoms. The van der Waals surface area contributed by atoms with Crippen molar-refractivity contribution in [3.05, 3.63) is 29.6 Å². The molecular weight excluding hydrogens is 271 g/mol. The number of rotatable bonds is 10. The number of anilines is 1. The zero-order valence-corrected chi connectivity index (χ0v) is 13.3. The summed E-state index contributed by atoms with van der Waals surface area (Å²) in [7, 11) is 0. The molecule has 1 aromatic rings.